The molecule has 2 N–H and O–H groups in total. The zero-order valence-electron chi connectivity index (χ0n) is 31.2. The van der Waals surface area contributed by atoms with Crippen molar-refractivity contribution in [2.75, 3.05) is 19.8 Å². The number of nitrogens with zero attached hydrogens (tertiary/aromatic N) is 3. The Balaban J connectivity index is 1.42. The number of aromatic nitrogens is 3. The van der Waals surface area contributed by atoms with E-state index in [9.17, 15) is 9.90 Å². The quantitative estimate of drug-likeness (QED) is 0.110. The van der Waals surface area contributed by atoms with Crippen molar-refractivity contribution >= 4 is 39.4 Å². The Labute approximate surface area is 304 Å². The minimum atomic E-state index is -3.28. The molecule has 0 amide bonds. The normalized spacial score (nSPS) is 20.5. The van der Waals surface area contributed by atoms with Crippen molar-refractivity contribution in [3.8, 4) is 28.4 Å². The van der Waals surface area contributed by atoms with Gasteiger partial charge >= 0.3 is 14.6 Å². The van der Waals surface area contributed by atoms with E-state index in [0.29, 0.717) is 28.5 Å². The maximum atomic E-state index is 11.8. The number of aliphatic hydroxyl groups is 1. The number of pyridine rings is 1. The Hall–Kier alpha value is -2.62. The van der Waals surface area contributed by atoms with Crippen molar-refractivity contribution in [1.82, 2.24) is 14.5 Å². The van der Waals surface area contributed by atoms with Crippen LogP contribution >= 0.6 is 11.6 Å². The number of fused-ring (bicyclic) bond motifs is 1. The summed E-state index contributed by atoms with van der Waals surface area (Å²) in [4.78, 5) is 21.5. The Morgan fingerprint density at radius 1 is 0.940 bits per heavy atom. The van der Waals surface area contributed by atoms with Gasteiger partial charge in [-0.1, -0.05) is 127 Å². The Bertz CT molecular complexity index is 1750. The molecule has 272 valence electrons. The number of hydrogen-bond donors (Lipinski definition) is 2. The fourth-order valence-corrected chi connectivity index (χ4v) is 10.9. The van der Waals surface area contributed by atoms with Gasteiger partial charge in [-0.2, -0.15) is 4.98 Å². The maximum Gasteiger partial charge on any atom is 0.346 e. The van der Waals surface area contributed by atoms with E-state index >= 15 is 0 Å². The summed E-state index contributed by atoms with van der Waals surface area (Å²) in [6, 6.07) is 21.4. The Morgan fingerprint density at radius 2 is 1.54 bits per heavy atom. The molecule has 9 nitrogen and oxygen atoms in total. The molecule has 3 heterocycles. The van der Waals surface area contributed by atoms with Crippen LogP contribution in [0, 0.1) is 0 Å². The van der Waals surface area contributed by atoms with Crippen molar-refractivity contribution in [3.05, 3.63) is 65.7 Å². The SMILES string of the molecule is CC(C)(C)[Si](O)(OC[C@H]1OC[C@@H](Oc2nc3nc(-c4ccc(-c5ccccc5)cc4)c(Cl)cc3n2COCC[Si](C)(C)C)[C@@]1(C)O)C(C)(C)C. The summed E-state index contributed by atoms with van der Waals surface area (Å²) in [7, 11) is -4.60. The zero-order valence-corrected chi connectivity index (χ0v) is 34.0. The van der Waals surface area contributed by atoms with Crippen molar-refractivity contribution in [3.63, 3.8) is 0 Å². The molecular formula is C38H54ClN3O6Si2. The molecule has 1 saturated heterocycles. The number of imidazole rings is 1. The molecule has 0 bridgehead atoms. The monoisotopic (exact) mass is 739 g/mol. The molecule has 5 rings (SSSR count). The van der Waals surface area contributed by atoms with Crippen LogP contribution in [-0.4, -0.2) is 78.7 Å². The van der Waals surface area contributed by atoms with E-state index < -0.39 is 44.5 Å². The minimum absolute atomic E-state index is 0.0317. The lowest BCUT2D eigenvalue weighted by Gasteiger charge is -2.46. The van der Waals surface area contributed by atoms with Crippen LogP contribution in [0.15, 0.2) is 60.7 Å². The largest absolute Gasteiger partial charge is 0.456 e. The van der Waals surface area contributed by atoms with Gasteiger partial charge in [-0.25, -0.2) is 4.98 Å². The van der Waals surface area contributed by atoms with Crippen LogP contribution in [0.2, 0.25) is 40.8 Å². The molecule has 0 radical (unpaired) electrons. The van der Waals surface area contributed by atoms with Crippen molar-refractivity contribution in [1.29, 1.82) is 0 Å². The second kappa shape index (κ2) is 14.4. The second-order valence-electron chi connectivity index (χ2n) is 16.9. The van der Waals surface area contributed by atoms with Crippen molar-refractivity contribution < 1.29 is 28.5 Å². The predicted molar refractivity (Wildman–Crippen MR) is 206 cm³/mol. The number of rotatable bonds is 12. The molecule has 2 aromatic carbocycles. The van der Waals surface area contributed by atoms with E-state index in [1.807, 2.05) is 82.5 Å². The maximum absolute atomic E-state index is 11.8. The lowest BCUT2D eigenvalue weighted by molar-refractivity contribution is -0.0773. The average molecular weight is 740 g/mol. The molecule has 1 fully saturated rings. The fourth-order valence-electron chi connectivity index (χ4n) is 6.41. The summed E-state index contributed by atoms with van der Waals surface area (Å²) in [6.45, 7) is 21.5. The van der Waals surface area contributed by atoms with Crippen LogP contribution in [0.3, 0.4) is 0 Å². The number of halogens is 1. The molecule has 1 aliphatic heterocycles. The lowest BCUT2D eigenvalue weighted by Crippen LogP contribution is -2.57. The van der Waals surface area contributed by atoms with Gasteiger partial charge in [0.1, 0.15) is 18.4 Å². The van der Waals surface area contributed by atoms with Crippen LogP contribution in [0.1, 0.15) is 48.5 Å². The van der Waals surface area contributed by atoms with Gasteiger partial charge in [0.25, 0.3) is 0 Å². The van der Waals surface area contributed by atoms with Crippen LogP contribution in [0.4, 0.5) is 0 Å². The van der Waals surface area contributed by atoms with Crippen molar-refractivity contribution in [2.45, 2.75) is 109 Å². The highest BCUT2D eigenvalue weighted by atomic mass is 35.5. The zero-order chi connectivity index (χ0) is 36.7. The highest BCUT2D eigenvalue weighted by Gasteiger charge is 2.57. The summed E-state index contributed by atoms with van der Waals surface area (Å²) in [5, 5.41) is 11.4. The number of hydrogen-bond acceptors (Lipinski definition) is 8. The fraction of sp³-hybridized carbons (Fsp3) is 0.526. The van der Waals surface area contributed by atoms with Gasteiger partial charge < -0.3 is 28.5 Å². The topological polar surface area (TPSA) is 108 Å². The predicted octanol–water partition coefficient (Wildman–Crippen LogP) is 8.68. The summed E-state index contributed by atoms with van der Waals surface area (Å²) in [5.74, 6) is 0. The first-order valence-corrected chi connectivity index (χ1v) is 23.3. The van der Waals surface area contributed by atoms with E-state index in [1.54, 1.807) is 6.92 Å². The third-order valence-corrected chi connectivity index (χ3v) is 16.3. The van der Waals surface area contributed by atoms with Crippen LogP contribution in [-0.2, 0) is 20.6 Å². The molecule has 50 heavy (non-hydrogen) atoms. The molecule has 0 saturated carbocycles. The molecule has 1 aliphatic rings. The summed E-state index contributed by atoms with van der Waals surface area (Å²) in [5.41, 5.74) is 3.37. The molecule has 2 aromatic heterocycles. The van der Waals surface area contributed by atoms with Gasteiger partial charge in [-0.05, 0) is 30.2 Å². The molecule has 0 spiro atoms. The van der Waals surface area contributed by atoms with Gasteiger partial charge in [-0.3, -0.25) is 4.57 Å². The summed E-state index contributed by atoms with van der Waals surface area (Å²) < 4.78 is 26.8. The third-order valence-electron chi connectivity index (χ3n) is 9.62. The smallest absolute Gasteiger partial charge is 0.346 e. The first-order chi connectivity index (χ1) is 23.2. The van der Waals surface area contributed by atoms with Crippen molar-refractivity contribution in [2.24, 2.45) is 0 Å². The Morgan fingerprint density at radius 3 is 2.14 bits per heavy atom. The Kier molecular flexibility index (Phi) is 11.1. The molecule has 4 aromatic rings. The number of benzene rings is 2. The van der Waals surface area contributed by atoms with E-state index in [0.717, 1.165) is 22.7 Å². The molecular weight excluding hydrogens is 686 g/mol. The van der Waals surface area contributed by atoms with E-state index in [2.05, 4.69) is 43.9 Å². The van der Waals surface area contributed by atoms with Crippen LogP contribution in [0.5, 0.6) is 6.01 Å². The molecule has 12 heteroatoms. The number of ether oxygens (including phenoxy) is 3. The summed E-state index contributed by atoms with van der Waals surface area (Å²) in [6.07, 6.45) is -1.49. The van der Waals surface area contributed by atoms with E-state index in [4.69, 9.17) is 40.2 Å². The molecule has 0 aliphatic carbocycles. The average Bonchev–Trinajstić information content (AvgIpc) is 3.50. The minimum Gasteiger partial charge on any atom is -0.456 e. The van der Waals surface area contributed by atoms with Gasteiger partial charge in [0.2, 0.25) is 0 Å². The first kappa shape index (κ1) is 38.6. The highest BCUT2D eigenvalue weighted by molar-refractivity contribution is 6.76. The first-order valence-electron chi connectivity index (χ1n) is 17.4. The standard InChI is InChI=1S/C38H54ClN3O6Si2/c1-36(2,3)50(44,37(4,5)6)47-24-31-38(7,43)32(23-46-31)48-35-41-34-30(42(35)25-45-20-21-49(8,9)10)22-29(39)33(40-34)28-18-16-27(17-19-28)26-14-12-11-13-15-26/h11-19,22,31-32,43-44H,20-21,23-25H2,1-10H3/t31-,32-,38+/m1/s1. The molecule has 0 unspecified atom stereocenters. The molecule has 3 atom stereocenters. The van der Waals surface area contributed by atoms with Gasteiger partial charge in [0, 0.05) is 30.3 Å². The summed E-state index contributed by atoms with van der Waals surface area (Å²) >= 11 is 6.90. The van der Waals surface area contributed by atoms with Gasteiger partial charge in [-0.15, -0.1) is 0 Å². The van der Waals surface area contributed by atoms with Crippen LogP contribution in [0.25, 0.3) is 33.5 Å². The second-order valence-corrected chi connectivity index (χ2v) is 27.5. The third kappa shape index (κ3) is 8.21. The van der Waals surface area contributed by atoms with Crippen LogP contribution < -0.4 is 4.74 Å². The van der Waals surface area contributed by atoms with E-state index in [1.165, 1.54) is 0 Å². The highest BCUT2D eigenvalue weighted by Crippen LogP contribution is 2.50. The van der Waals surface area contributed by atoms with E-state index in [-0.39, 0.29) is 26.0 Å². The lowest BCUT2D eigenvalue weighted by atomic mass is 9.96. The van der Waals surface area contributed by atoms with Gasteiger partial charge in [0.15, 0.2) is 11.8 Å². The van der Waals surface area contributed by atoms with Gasteiger partial charge in [0.05, 0.1) is 29.4 Å².